The Morgan fingerprint density at radius 3 is 2.80 bits per heavy atom. The number of carbonyl (C=O) groups excluding carboxylic acids is 1. The number of hydrogen-bond acceptors (Lipinski definition) is 3. The topological polar surface area (TPSA) is 59.8 Å². The molecule has 5 nitrogen and oxygen atoms in total. The maximum atomic E-state index is 12.2. The van der Waals surface area contributed by atoms with E-state index in [2.05, 4.69) is 15.4 Å². The molecule has 6 heteroatoms. The molecule has 0 aliphatic carbocycles. The van der Waals surface area contributed by atoms with Crippen molar-refractivity contribution in [2.45, 2.75) is 0 Å². The van der Waals surface area contributed by atoms with E-state index in [0.717, 1.165) is 10.9 Å². The van der Waals surface area contributed by atoms with Gasteiger partial charge in [-0.2, -0.15) is 5.10 Å². The van der Waals surface area contributed by atoms with Crippen LogP contribution in [0.25, 0.3) is 10.9 Å². The van der Waals surface area contributed by atoms with E-state index in [0.29, 0.717) is 16.5 Å². The summed E-state index contributed by atoms with van der Waals surface area (Å²) in [5.41, 5.74) is 1.13. The van der Waals surface area contributed by atoms with E-state index in [-0.39, 0.29) is 5.91 Å². The van der Waals surface area contributed by atoms with E-state index in [9.17, 15) is 4.79 Å². The van der Waals surface area contributed by atoms with Crippen LogP contribution in [0.5, 0.6) is 0 Å². The van der Waals surface area contributed by atoms with Crippen molar-refractivity contribution >= 4 is 34.2 Å². The van der Waals surface area contributed by atoms with Gasteiger partial charge in [0.05, 0.1) is 16.7 Å². The zero-order valence-corrected chi connectivity index (χ0v) is 11.4. The van der Waals surface area contributed by atoms with Gasteiger partial charge in [-0.15, -0.1) is 0 Å². The monoisotopic (exact) mass is 286 g/mol. The van der Waals surface area contributed by atoms with Crippen LogP contribution in [-0.4, -0.2) is 20.7 Å². The maximum Gasteiger partial charge on any atom is 0.276 e. The third-order valence-electron chi connectivity index (χ3n) is 2.95. The number of halogens is 1. The summed E-state index contributed by atoms with van der Waals surface area (Å²) in [6, 6.07) is 11.4. The smallest absolute Gasteiger partial charge is 0.276 e. The Bertz CT molecular complexity index is 777. The lowest BCUT2D eigenvalue weighted by molar-refractivity contribution is 0.101. The maximum absolute atomic E-state index is 12.2. The van der Waals surface area contributed by atoms with Gasteiger partial charge in [0.2, 0.25) is 0 Å². The van der Waals surface area contributed by atoms with Crippen LogP contribution in [0, 0.1) is 0 Å². The van der Waals surface area contributed by atoms with Crippen molar-refractivity contribution in [3.63, 3.8) is 0 Å². The number of carbonyl (C=O) groups is 1. The van der Waals surface area contributed by atoms with Crippen molar-refractivity contribution < 1.29 is 4.79 Å². The molecular weight excluding hydrogens is 276 g/mol. The molecule has 20 heavy (non-hydrogen) atoms. The van der Waals surface area contributed by atoms with Crippen LogP contribution in [0.4, 0.5) is 5.82 Å². The third kappa shape index (κ3) is 2.23. The Hall–Kier alpha value is -2.40. The number of nitrogens with zero attached hydrogens (tertiary/aromatic N) is 3. The lowest BCUT2D eigenvalue weighted by Crippen LogP contribution is -2.17. The number of amides is 1. The van der Waals surface area contributed by atoms with Gasteiger partial charge in [0.25, 0.3) is 5.91 Å². The summed E-state index contributed by atoms with van der Waals surface area (Å²) in [4.78, 5) is 16.5. The Labute approximate surface area is 120 Å². The van der Waals surface area contributed by atoms with Gasteiger partial charge in [0, 0.05) is 12.4 Å². The summed E-state index contributed by atoms with van der Waals surface area (Å²) < 4.78 is 1.43. The SMILES string of the molecule is Cn1ncc(Cl)c1C(=O)Nc1ccc2ccccc2n1. The summed E-state index contributed by atoms with van der Waals surface area (Å²) in [6.45, 7) is 0. The number of benzene rings is 1. The lowest BCUT2D eigenvalue weighted by atomic mass is 10.2. The summed E-state index contributed by atoms with van der Waals surface area (Å²) >= 11 is 5.94. The molecule has 3 aromatic rings. The van der Waals surface area contributed by atoms with Crippen LogP contribution in [0.3, 0.4) is 0 Å². The van der Waals surface area contributed by atoms with Crippen LogP contribution in [0.2, 0.25) is 5.02 Å². The average molecular weight is 287 g/mol. The molecule has 3 rings (SSSR count). The van der Waals surface area contributed by atoms with Crippen LogP contribution < -0.4 is 5.32 Å². The molecule has 0 radical (unpaired) electrons. The van der Waals surface area contributed by atoms with Crippen LogP contribution in [0.15, 0.2) is 42.6 Å². The molecule has 1 amide bonds. The van der Waals surface area contributed by atoms with Crippen molar-refractivity contribution in [1.82, 2.24) is 14.8 Å². The zero-order valence-electron chi connectivity index (χ0n) is 10.7. The summed E-state index contributed by atoms with van der Waals surface area (Å²) in [5, 5.41) is 7.98. The molecule has 100 valence electrons. The summed E-state index contributed by atoms with van der Waals surface area (Å²) in [6.07, 6.45) is 1.43. The zero-order chi connectivity index (χ0) is 14.1. The van der Waals surface area contributed by atoms with Gasteiger partial charge in [-0.25, -0.2) is 4.98 Å². The van der Waals surface area contributed by atoms with Gasteiger partial charge in [0.15, 0.2) is 0 Å². The fourth-order valence-electron chi connectivity index (χ4n) is 1.98. The second-order valence-corrected chi connectivity index (χ2v) is 4.72. The normalized spacial score (nSPS) is 10.7. The molecule has 0 saturated carbocycles. The molecule has 0 spiro atoms. The summed E-state index contributed by atoms with van der Waals surface area (Å²) in [5.74, 6) is 0.142. The second kappa shape index (κ2) is 4.94. The fraction of sp³-hybridized carbons (Fsp3) is 0.0714. The number of hydrogen-bond donors (Lipinski definition) is 1. The van der Waals surface area contributed by atoms with Gasteiger partial charge in [-0.1, -0.05) is 29.8 Å². The first-order valence-electron chi connectivity index (χ1n) is 6.00. The van der Waals surface area contributed by atoms with Crippen molar-refractivity contribution in [2.24, 2.45) is 7.05 Å². The molecule has 0 atom stereocenters. The first kappa shape index (κ1) is 12.6. The minimum absolute atomic E-state index is 0.307. The van der Waals surface area contributed by atoms with E-state index in [1.807, 2.05) is 30.3 Å². The highest BCUT2D eigenvalue weighted by Crippen LogP contribution is 2.18. The average Bonchev–Trinajstić information content (AvgIpc) is 2.78. The highest BCUT2D eigenvalue weighted by Gasteiger charge is 2.16. The lowest BCUT2D eigenvalue weighted by Gasteiger charge is -2.06. The number of anilines is 1. The van der Waals surface area contributed by atoms with Crippen molar-refractivity contribution in [3.8, 4) is 0 Å². The summed E-state index contributed by atoms with van der Waals surface area (Å²) in [7, 11) is 1.66. The molecule has 0 aliphatic heterocycles. The molecule has 1 aromatic carbocycles. The van der Waals surface area contributed by atoms with Gasteiger partial charge in [-0.3, -0.25) is 9.48 Å². The van der Waals surface area contributed by atoms with E-state index in [4.69, 9.17) is 11.6 Å². The molecule has 2 aromatic heterocycles. The number of para-hydroxylation sites is 1. The van der Waals surface area contributed by atoms with Gasteiger partial charge in [0.1, 0.15) is 11.5 Å². The van der Waals surface area contributed by atoms with Crippen LogP contribution >= 0.6 is 11.6 Å². The molecule has 1 N–H and O–H groups in total. The predicted molar refractivity (Wildman–Crippen MR) is 77.9 cm³/mol. The number of pyridine rings is 1. The molecule has 0 unspecified atom stereocenters. The largest absolute Gasteiger partial charge is 0.305 e. The van der Waals surface area contributed by atoms with Crippen molar-refractivity contribution in [3.05, 3.63) is 53.3 Å². The third-order valence-corrected chi connectivity index (χ3v) is 3.23. The van der Waals surface area contributed by atoms with Crippen LogP contribution in [0.1, 0.15) is 10.5 Å². The Morgan fingerprint density at radius 2 is 2.05 bits per heavy atom. The second-order valence-electron chi connectivity index (χ2n) is 4.31. The van der Waals surface area contributed by atoms with E-state index < -0.39 is 0 Å². The number of aromatic nitrogens is 3. The first-order valence-corrected chi connectivity index (χ1v) is 6.37. The van der Waals surface area contributed by atoms with Crippen LogP contribution in [-0.2, 0) is 7.05 Å². The molecule has 2 heterocycles. The highest BCUT2D eigenvalue weighted by molar-refractivity contribution is 6.34. The predicted octanol–water partition coefficient (Wildman–Crippen LogP) is 2.87. The van der Waals surface area contributed by atoms with Crippen molar-refractivity contribution in [2.75, 3.05) is 5.32 Å². The molecule has 0 bridgehead atoms. The van der Waals surface area contributed by atoms with Gasteiger partial charge >= 0.3 is 0 Å². The Morgan fingerprint density at radius 1 is 1.25 bits per heavy atom. The highest BCUT2D eigenvalue weighted by atomic mass is 35.5. The Balaban J connectivity index is 1.91. The minimum atomic E-state index is -0.335. The number of fused-ring (bicyclic) bond motifs is 1. The minimum Gasteiger partial charge on any atom is -0.305 e. The molecular formula is C14H11ClN4O. The van der Waals surface area contributed by atoms with E-state index in [1.54, 1.807) is 13.1 Å². The Kier molecular flexibility index (Phi) is 3.12. The number of nitrogens with one attached hydrogen (secondary N) is 1. The van der Waals surface area contributed by atoms with Gasteiger partial charge in [-0.05, 0) is 18.2 Å². The van der Waals surface area contributed by atoms with E-state index >= 15 is 0 Å². The van der Waals surface area contributed by atoms with Crippen molar-refractivity contribution in [1.29, 1.82) is 0 Å². The fourth-order valence-corrected chi connectivity index (χ4v) is 2.23. The molecule has 0 aliphatic rings. The molecule has 0 fully saturated rings. The van der Waals surface area contributed by atoms with E-state index in [1.165, 1.54) is 10.9 Å². The number of rotatable bonds is 2. The van der Waals surface area contributed by atoms with Gasteiger partial charge < -0.3 is 5.32 Å². The standard InChI is InChI=1S/C14H11ClN4O/c1-19-13(10(15)8-16-19)14(20)18-12-7-6-9-4-2-3-5-11(9)17-12/h2-8H,1H3,(H,17,18,20). The quantitative estimate of drug-likeness (QED) is 0.788. The first-order chi connectivity index (χ1) is 9.65. The number of aryl methyl sites for hydroxylation is 1. The molecule has 0 saturated heterocycles.